The number of hydrogen-bond acceptors (Lipinski definition) is 4. The summed E-state index contributed by atoms with van der Waals surface area (Å²) in [4.78, 5) is 0. The van der Waals surface area contributed by atoms with Gasteiger partial charge in [-0.25, -0.2) is 0 Å². The largest absolute Gasteiger partial charge is 0.508 e. The Morgan fingerprint density at radius 3 is 2.52 bits per heavy atom. The van der Waals surface area contributed by atoms with Gasteiger partial charge < -0.3 is 26.1 Å². The number of unbranched alkanes of at least 4 members (excludes halogenated alkanes) is 4. The van der Waals surface area contributed by atoms with Crippen LogP contribution in [0.25, 0.3) is 0 Å². The SMILES string of the molecule is CCCCCCCNC[C@H](O)c1ccc(O)c(CO)c1.O. The van der Waals surface area contributed by atoms with Gasteiger partial charge >= 0.3 is 0 Å². The van der Waals surface area contributed by atoms with E-state index in [0.29, 0.717) is 17.7 Å². The minimum Gasteiger partial charge on any atom is -0.508 e. The molecule has 0 spiro atoms. The Bertz CT molecular complexity index is 385. The van der Waals surface area contributed by atoms with Gasteiger partial charge in [0.2, 0.25) is 0 Å². The van der Waals surface area contributed by atoms with Crippen molar-refractivity contribution >= 4 is 0 Å². The Balaban J connectivity index is 0.00000400. The zero-order chi connectivity index (χ0) is 14.8. The van der Waals surface area contributed by atoms with Crippen molar-refractivity contribution in [1.29, 1.82) is 0 Å². The molecule has 0 radical (unpaired) electrons. The van der Waals surface area contributed by atoms with Crippen molar-refractivity contribution in [1.82, 2.24) is 5.32 Å². The number of aliphatic hydroxyl groups excluding tert-OH is 2. The standard InChI is InChI=1S/C16H27NO3.H2O/c1-2-3-4-5-6-9-17-11-16(20)13-7-8-15(19)14(10-13)12-18;/h7-8,10,16-20H,2-6,9,11-12H2,1H3;1H2/t16-;/m0./s1. The molecule has 0 aliphatic carbocycles. The van der Waals surface area contributed by atoms with Gasteiger partial charge in [0.1, 0.15) is 5.75 Å². The fourth-order valence-electron chi connectivity index (χ4n) is 2.15. The van der Waals surface area contributed by atoms with E-state index in [1.54, 1.807) is 12.1 Å². The molecule has 5 heteroatoms. The number of phenols is 1. The molecular weight excluding hydrogens is 270 g/mol. The Hall–Kier alpha value is -1.14. The molecule has 0 aliphatic heterocycles. The van der Waals surface area contributed by atoms with Gasteiger partial charge in [0.25, 0.3) is 0 Å². The van der Waals surface area contributed by atoms with Crippen molar-refractivity contribution < 1.29 is 20.8 Å². The van der Waals surface area contributed by atoms with E-state index in [1.165, 1.54) is 31.7 Å². The van der Waals surface area contributed by atoms with Gasteiger partial charge in [-0.05, 0) is 30.7 Å². The first kappa shape index (κ1) is 19.9. The van der Waals surface area contributed by atoms with Crippen LogP contribution in [0, 0.1) is 0 Å². The third-order valence-electron chi connectivity index (χ3n) is 3.45. The van der Waals surface area contributed by atoms with Gasteiger partial charge in [0.15, 0.2) is 0 Å². The average Bonchev–Trinajstić information content (AvgIpc) is 2.46. The first-order chi connectivity index (χ1) is 9.69. The molecule has 1 aromatic rings. The number of benzene rings is 1. The predicted molar refractivity (Wildman–Crippen MR) is 84.2 cm³/mol. The summed E-state index contributed by atoms with van der Waals surface area (Å²) in [5.41, 5.74) is 1.16. The van der Waals surface area contributed by atoms with Crippen LogP contribution in [0.2, 0.25) is 0 Å². The molecule has 0 aromatic heterocycles. The molecule has 6 N–H and O–H groups in total. The molecular formula is C16H29NO4. The zero-order valence-electron chi connectivity index (χ0n) is 12.8. The lowest BCUT2D eigenvalue weighted by Crippen LogP contribution is -2.22. The van der Waals surface area contributed by atoms with E-state index < -0.39 is 6.10 Å². The fourth-order valence-corrected chi connectivity index (χ4v) is 2.15. The van der Waals surface area contributed by atoms with E-state index >= 15 is 0 Å². The number of aromatic hydroxyl groups is 1. The third kappa shape index (κ3) is 7.43. The van der Waals surface area contributed by atoms with Crippen LogP contribution in [0.4, 0.5) is 0 Å². The molecule has 1 rings (SSSR count). The normalized spacial score (nSPS) is 12.0. The van der Waals surface area contributed by atoms with Crippen molar-refractivity contribution in [2.75, 3.05) is 13.1 Å². The third-order valence-corrected chi connectivity index (χ3v) is 3.45. The second kappa shape index (κ2) is 11.5. The van der Waals surface area contributed by atoms with Crippen molar-refractivity contribution in [3.05, 3.63) is 29.3 Å². The van der Waals surface area contributed by atoms with Gasteiger partial charge in [-0.15, -0.1) is 0 Å². The van der Waals surface area contributed by atoms with Crippen LogP contribution in [0.15, 0.2) is 18.2 Å². The van der Waals surface area contributed by atoms with E-state index in [1.807, 2.05) is 0 Å². The van der Waals surface area contributed by atoms with Crippen LogP contribution in [0.5, 0.6) is 5.75 Å². The second-order valence-corrected chi connectivity index (χ2v) is 5.18. The van der Waals surface area contributed by atoms with Crippen molar-refractivity contribution in [2.45, 2.75) is 51.7 Å². The van der Waals surface area contributed by atoms with E-state index in [-0.39, 0.29) is 17.8 Å². The molecule has 0 unspecified atom stereocenters. The Morgan fingerprint density at radius 1 is 1.14 bits per heavy atom. The van der Waals surface area contributed by atoms with Crippen molar-refractivity contribution in [2.24, 2.45) is 0 Å². The smallest absolute Gasteiger partial charge is 0.121 e. The van der Waals surface area contributed by atoms with E-state index in [0.717, 1.165) is 13.0 Å². The minimum absolute atomic E-state index is 0. The van der Waals surface area contributed by atoms with Crippen molar-refractivity contribution in [3.8, 4) is 5.75 Å². The molecule has 0 heterocycles. The van der Waals surface area contributed by atoms with Gasteiger partial charge in [-0.2, -0.15) is 0 Å². The molecule has 21 heavy (non-hydrogen) atoms. The van der Waals surface area contributed by atoms with Gasteiger partial charge in [0, 0.05) is 12.1 Å². The molecule has 1 aromatic carbocycles. The monoisotopic (exact) mass is 299 g/mol. The molecule has 0 saturated heterocycles. The number of nitrogens with one attached hydrogen (secondary N) is 1. The maximum atomic E-state index is 10.0. The highest BCUT2D eigenvalue weighted by Crippen LogP contribution is 2.22. The van der Waals surface area contributed by atoms with Crippen LogP contribution >= 0.6 is 0 Å². The van der Waals surface area contributed by atoms with Crippen molar-refractivity contribution in [3.63, 3.8) is 0 Å². The highest BCUT2D eigenvalue weighted by molar-refractivity contribution is 5.36. The summed E-state index contributed by atoms with van der Waals surface area (Å²) in [6.07, 6.45) is 5.56. The van der Waals surface area contributed by atoms with Crippen LogP contribution in [0.1, 0.15) is 56.3 Å². The van der Waals surface area contributed by atoms with Crippen LogP contribution < -0.4 is 5.32 Å². The minimum atomic E-state index is -0.614. The second-order valence-electron chi connectivity index (χ2n) is 5.18. The molecule has 0 saturated carbocycles. The Morgan fingerprint density at radius 2 is 1.86 bits per heavy atom. The summed E-state index contributed by atoms with van der Waals surface area (Å²) >= 11 is 0. The number of aliphatic hydroxyl groups is 2. The van der Waals surface area contributed by atoms with Gasteiger partial charge in [-0.1, -0.05) is 38.7 Å². The molecule has 0 bridgehead atoms. The molecule has 1 atom stereocenters. The lowest BCUT2D eigenvalue weighted by atomic mass is 10.1. The number of rotatable bonds is 10. The highest BCUT2D eigenvalue weighted by Gasteiger charge is 2.09. The summed E-state index contributed by atoms with van der Waals surface area (Å²) in [5.74, 6) is 0.0623. The van der Waals surface area contributed by atoms with Crippen LogP contribution in [-0.4, -0.2) is 33.9 Å². The summed E-state index contributed by atoms with van der Waals surface area (Å²) in [6.45, 7) is 3.37. The molecule has 0 amide bonds. The average molecular weight is 299 g/mol. The molecule has 0 aliphatic rings. The zero-order valence-corrected chi connectivity index (χ0v) is 12.8. The topological polar surface area (TPSA) is 104 Å². The lowest BCUT2D eigenvalue weighted by molar-refractivity contribution is 0.174. The maximum absolute atomic E-state index is 10.0. The quantitative estimate of drug-likeness (QED) is 0.493. The van der Waals surface area contributed by atoms with Crippen LogP contribution in [0.3, 0.4) is 0 Å². The molecule has 122 valence electrons. The summed E-state index contributed by atoms with van der Waals surface area (Å²) in [7, 11) is 0. The number of hydrogen-bond donors (Lipinski definition) is 4. The Kier molecular flexibility index (Phi) is 10.9. The van der Waals surface area contributed by atoms with E-state index in [9.17, 15) is 10.2 Å². The summed E-state index contributed by atoms with van der Waals surface area (Å²) in [6, 6.07) is 4.83. The predicted octanol–water partition coefficient (Wildman–Crippen LogP) is 1.65. The van der Waals surface area contributed by atoms with Gasteiger partial charge in [0.05, 0.1) is 12.7 Å². The fraction of sp³-hybridized carbons (Fsp3) is 0.625. The van der Waals surface area contributed by atoms with E-state index in [2.05, 4.69) is 12.2 Å². The first-order valence-corrected chi connectivity index (χ1v) is 7.50. The Labute approximate surface area is 126 Å². The molecule has 5 nitrogen and oxygen atoms in total. The maximum Gasteiger partial charge on any atom is 0.121 e. The molecule has 0 fully saturated rings. The summed E-state index contributed by atoms with van der Waals surface area (Å²) < 4.78 is 0. The highest BCUT2D eigenvalue weighted by atomic mass is 16.3. The van der Waals surface area contributed by atoms with E-state index in [4.69, 9.17) is 5.11 Å². The first-order valence-electron chi connectivity index (χ1n) is 7.50. The lowest BCUT2D eigenvalue weighted by Gasteiger charge is -2.13. The van der Waals surface area contributed by atoms with Crippen LogP contribution in [-0.2, 0) is 6.61 Å². The summed E-state index contributed by atoms with van der Waals surface area (Å²) in [5, 5.41) is 31.8. The van der Waals surface area contributed by atoms with Gasteiger partial charge in [-0.3, -0.25) is 0 Å².